The third-order valence-corrected chi connectivity index (χ3v) is 5.86. The molecule has 0 atom stereocenters. The van der Waals surface area contributed by atoms with Crippen molar-refractivity contribution in [2.75, 3.05) is 23.9 Å². The molecule has 10 heteroatoms. The number of rotatable bonds is 7. The molecular weight excluding hydrogens is 466 g/mol. The van der Waals surface area contributed by atoms with Gasteiger partial charge in [0.25, 0.3) is 11.8 Å². The molecule has 0 radical (unpaired) electrons. The molecule has 0 saturated carbocycles. The smallest absolute Gasteiger partial charge is 0.340 e. The lowest BCUT2D eigenvalue weighted by molar-refractivity contribution is -0.119. The van der Waals surface area contributed by atoms with Crippen molar-refractivity contribution >= 4 is 40.6 Å². The summed E-state index contributed by atoms with van der Waals surface area (Å²) in [6.07, 6.45) is 1.34. The average Bonchev–Trinajstić information content (AvgIpc) is 3.57. The predicted molar refractivity (Wildman–Crippen MR) is 131 cm³/mol. The SMILES string of the molecule is CN(C(=O)c1cccs1)c1ccccc1C(=O)OCC(=O)Nc1c(C#N)cnn1-c1ccccc1. The zero-order valence-corrected chi connectivity index (χ0v) is 19.4. The predicted octanol–water partition coefficient (Wildman–Crippen LogP) is 3.88. The third-order valence-electron chi connectivity index (χ3n) is 5.00. The summed E-state index contributed by atoms with van der Waals surface area (Å²) in [7, 11) is 1.56. The Morgan fingerprint density at radius 2 is 1.83 bits per heavy atom. The van der Waals surface area contributed by atoms with E-state index in [2.05, 4.69) is 10.4 Å². The number of carbonyl (C=O) groups is 3. The molecule has 0 spiro atoms. The van der Waals surface area contributed by atoms with Gasteiger partial charge in [0.1, 0.15) is 11.6 Å². The number of carbonyl (C=O) groups excluding carboxylic acids is 3. The monoisotopic (exact) mass is 485 g/mol. The van der Waals surface area contributed by atoms with Crippen LogP contribution in [0.1, 0.15) is 25.6 Å². The Bertz CT molecular complexity index is 1410. The van der Waals surface area contributed by atoms with Crippen molar-refractivity contribution in [3.63, 3.8) is 0 Å². The van der Waals surface area contributed by atoms with E-state index in [1.807, 2.05) is 12.1 Å². The van der Waals surface area contributed by atoms with Crippen LogP contribution in [-0.4, -0.2) is 41.2 Å². The van der Waals surface area contributed by atoms with Crippen molar-refractivity contribution in [2.45, 2.75) is 0 Å². The molecule has 2 heterocycles. The highest BCUT2D eigenvalue weighted by molar-refractivity contribution is 7.12. The maximum absolute atomic E-state index is 12.8. The van der Waals surface area contributed by atoms with Gasteiger partial charge in [0.05, 0.1) is 28.0 Å². The molecule has 2 amide bonds. The Balaban J connectivity index is 1.46. The van der Waals surface area contributed by atoms with E-state index in [9.17, 15) is 19.6 Å². The van der Waals surface area contributed by atoms with Gasteiger partial charge in [-0.1, -0.05) is 36.4 Å². The van der Waals surface area contributed by atoms with Gasteiger partial charge in [-0.2, -0.15) is 10.4 Å². The number of para-hydroxylation sites is 2. The molecule has 35 heavy (non-hydrogen) atoms. The number of esters is 1. The number of thiophene rings is 1. The Hall–Kier alpha value is -4.75. The molecule has 0 aliphatic heterocycles. The fourth-order valence-corrected chi connectivity index (χ4v) is 4.00. The van der Waals surface area contributed by atoms with Gasteiger partial charge in [-0.15, -0.1) is 11.3 Å². The van der Waals surface area contributed by atoms with E-state index in [-0.39, 0.29) is 22.9 Å². The summed E-state index contributed by atoms with van der Waals surface area (Å²) in [6.45, 7) is -0.597. The molecule has 0 aliphatic carbocycles. The second kappa shape index (κ2) is 10.5. The van der Waals surface area contributed by atoms with E-state index < -0.39 is 18.5 Å². The fraction of sp³-hybridized carbons (Fsp3) is 0.0800. The van der Waals surface area contributed by atoms with E-state index in [1.165, 1.54) is 33.2 Å². The van der Waals surface area contributed by atoms with Crippen LogP contribution < -0.4 is 10.2 Å². The number of anilines is 2. The molecular formula is C25H19N5O4S. The summed E-state index contributed by atoms with van der Waals surface area (Å²) in [4.78, 5) is 40.0. The maximum Gasteiger partial charge on any atom is 0.340 e. The van der Waals surface area contributed by atoms with E-state index in [0.29, 0.717) is 16.3 Å². The molecule has 2 aromatic heterocycles. The molecule has 0 saturated heterocycles. The Morgan fingerprint density at radius 3 is 2.54 bits per heavy atom. The van der Waals surface area contributed by atoms with E-state index in [1.54, 1.807) is 67.0 Å². The number of ether oxygens (including phenoxy) is 1. The number of benzene rings is 2. The van der Waals surface area contributed by atoms with Crippen LogP contribution in [0.3, 0.4) is 0 Å². The van der Waals surface area contributed by atoms with Crippen LogP contribution in [0.5, 0.6) is 0 Å². The van der Waals surface area contributed by atoms with Gasteiger partial charge in [0, 0.05) is 7.05 Å². The normalized spacial score (nSPS) is 10.3. The van der Waals surface area contributed by atoms with Gasteiger partial charge in [0.15, 0.2) is 12.4 Å². The zero-order chi connectivity index (χ0) is 24.8. The molecule has 4 rings (SSSR count). The highest BCUT2D eigenvalue weighted by atomic mass is 32.1. The minimum absolute atomic E-state index is 0.139. The van der Waals surface area contributed by atoms with E-state index >= 15 is 0 Å². The van der Waals surface area contributed by atoms with Crippen LogP contribution in [0, 0.1) is 11.3 Å². The van der Waals surface area contributed by atoms with E-state index in [4.69, 9.17) is 4.74 Å². The maximum atomic E-state index is 12.8. The standard InChI is InChI=1S/C25H19N5O4S/c1-29(24(32)21-12-7-13-35-21)20-11-6-5-10-19(20)25(33)34-16-22(31)28-23-17(14-26)15-27-30(23)18-8-3-2-4-9-18/h2-13,15H,16H2,1H3,(H,28,31). The molecule has 174 valence electrons. The van der Waals surface area contributed by atoms with Gasteiger partial charge in [-0.05, 0) is 35.7 Å². The van der Waals surface area contributed by atoms with Gasteiger partial charge in [-0.25, -0.2) is 9.48 Å². The first-order valence-electron chi connectivity index (χ1n) is 10.4. The first-order chi connectivity index (χ1) is 17.0. The van der Waals surface area contributed by atoms with Gasteiger partial charge in [-0.3, -0.25) is 9.59 Å². The summed E-state index contributed by atoms with van der Waals surface area (Å²) in [5.41, 5.74) is 1.30. The number of hydrogen-bond donors (Lipinski definition) is 1. The Kier molecular flexibility index (Phi) is 6.99. The highest BCUT2D eigenvalue weighted by Crippen LogP contribution is 2.24. The average molecular weight is 486 g/mol. The molecule has 9 nitrogen and oxygen atoms in total. The molecule has 0 aliphatic rings. The largest absolute Gasteiger partial charge is 0.452 e. The molecule has 0 fully saturated rings. The molecule has 4 aromatic rings. The molecule has 2 aromatic carbocycles. The number of nitrogens with zero attached hydrogens (tertiary/aromatic N) is 4. The summed E-state index contributed by atoms with van der Waals surface area (Å²) >= 11 is 1.30. The number of nitrogens with one attached hydrogen (secondary N) is 1. The van der Waals surface area contributed by atoms with Crippen LogP contribution in [-0.2, 0) is 9.53 Å². The number of amides is 2. The highest BCUT2D eigenvalue weighted by Gasteiger charge is 2.22. The topological polar surface area (TPSA) is 117 Å². The van der Waals surface area contributed by atoms with Crippen LogP contribution in [0.15, 0.2) is 78.3 Å². The first-order valence-corrected chi connectivity index (χ1v) is 11.3. The second-order valence-electron chi connectivity index (χ2n) is 7.25. The minimum atomic E-state index is -0.765. The summed E-state index contributed by atoms with van der Waals surface area (Å²) in [6, 6.07) is 20.9. The fourth-order valence-electron chi connectivity index (χ4n) is 3.31. The zero-order valence-electron chi connectivity index (χ0n) is 18.5. The van der Waals surface area contributed by atoms with Gasteiger partial charge >= 0.3 is 5.97 Å². The van der Waals surface area contributed by atoms with Crippen molar-refractivity contribution in [2.24, 2.45) is 0 Å². The minimum Gasteiger partial charge on any atom is -0.452 e. The van der Waals surface area contributed by atoms with Crippen molar-refractivity contribution in [1.82, 2.24) is 9.78 Å². The lowest BCUT2D eigenvalue weighted by Crippen LogP contribution is -2.28. The Labute approximate surface area is 204 Å². The molecule has 1 N–H and O–H groups in total. The summed E-state index contributed by atoms with van der Waals surface area (Å²) in [5.74, 6) is -1.51. The lowest BCUT2D eigenvalue weighted by Gasteiger charge is -2.19. The summed E-state index contributed by atoms with van der Waals surface area (Å²) < 4.78 is 6.64. The number of hydrogen-bond acceptors (Lipinski definition) is 7. The quantitative estimate of drug-likeness (QED) is 0.397. The lowest BCUT2D eigenvalue weighted by atomic mass is 10.1. The van der Waals surface area contributed by atoms with Crippen molar-refractivity contribution in [3.8, 4) is 11.8 Å². The number of aromatic nitrogens is 2. The number of nitriles is 1. The molecule has 0 bridgehead atoms. The van der Waals surface area contributed by atoms with Gasteiger partial charge in [0.2, 0.25) is 0 Å². The van der Waals surface area contributed by atoms with Crippen molar-refractivity contribution in [3.05, 3.63) is 94.3 Å². The molecule has 0 unspecified atom stereocenters. The van der Waals surface area contributed by atoms with Crippen LogP contribution >= 0.6 is 11.3 Å². The Morgan fingerprint density at radius 1 is 1.09 bits per heavy atom. The van der Waals surface area contributed by atoms with E-state index in [0.717, 1.165) is 0 Å². The van der Waals surface area contributed by atoms with Crippen LogP contribution in [0.4, 0.5) is 11.5 Å². The van der Waals surface area contributed by atoms with Crippen molar-refractivity contribution in [1.29, 1.82) is 5.26 Å². The van der Waals surface area contributed by atoms with Gasteiger partial charge < -0.3 is 15.0 Å². The second-order valence-corrected chi connectivity index (χ2v) is 8.20. The van der Waals surface area contributed by atoms with Crippen LogP contribution in [0.25, 0.3) is 5.69 Å². The van der Waals surface area contributed by atoms with Crippen LogP contribution in [0.2, 0.25) is 0 Å². The third kappa shape index (κ3) is 5.10. The first kappa shape index (κ1) is 23.4. The van der Waals surface area contributed by atoms with Crippen molar-refractivity contribution < 1.29 is 19.1 Å². The summed E-state index contributed by atoms with van der Waals surface area (Å²) in [5, 5.41) is 17.9.